The van der Waals surface area contributed by atoms with Gasteiger partial charge in [0.1, 0.15) is 5.82 Å². The molecular weight excluding hydrogens is 294 g/mol. The van der Waals surface area contributed by atoms with Crippen molar-refractivity contribution in [1.82, 2.24) is 20.0 Å². The quantitative estimate of drug-likeness (QED) is 0.719. The van der Waals surface area contributed by atoms with E-state index < -0.39 is 0 Å². The number of nitrogens with one attached hydrogen (secondary N) is 1. The summed E-state index contributed by atoms with van der Waals surface area (Å²) in [5.74, 6) is 1.71. The molecule has 3 rings (SSSR count). The molecule has 0 aliphatic heterocycles. The fourth-order valence-electron chi connectivity index (χ4n) is 2.28. The number of carbonyl (C=O) groups is 1. The van der Waals surface area contributed by atoms with E-state index in [0.717, 1.165) is 41.1 Å². The zero-order valence-corrected chi connectivity index (χ0v) is 13.1. The summed E-state index contributed by atoms with van der Waals surface area (Å²) in [7, 11) is 0. The molecule has 0 atom stereocenters. The molecule has 7 nitrogen and oxygen atoms in total. The van der Waals surface area contributed by atoms with Crippen LogP contribution in [0.4, 0.5) is 11.6 Å². The normalized spacial score (nSPS) is 10.0. The predicted octanol–water partition coefficient (Wildman–Crippen LogP) is 2.99. The number of aromatic nitrogens is 4. The third kappa shape index (κ3) is 3.82. The summed E-state index contributed by atoms with van der Waals surface area (Å²) in [6.07, 6.45) is 2.83. The summed E-state index contributed by atoms with van der Waals surface area (Å²) in [6, 6.07) is 10.1. The number of hydrogen-bond donors (Lipinski definition) is 2. The van der Waals surface area contributed by atoms with Crippen molar-refractivity contribution in [1.29, 1.82) is 0 Å². The summed E-state index contributed by atoms with van der Waals surface area (Å²) in [5, 5.41) is 25.2. The van der Waals surface area contributed by atoms with Crippen molar-refractivity contribution in [3.8, 4) is 0 Å². The van der Waals surface area contributed by atoms with Crippen molar-refractivity contribution in [3.05, 3.63) is 42.2 Å². The summed E-state index contributed by atoms with van der Waals surface area (Å²) >= 11 is 0. The molecule has 1 aromatic carbocycles. The Hall–Kier alpha value is -2.96. The topological polar surface area (TPSA) is 92.9 Å². The van der Waals surface area contributed by atoms with Gasteiger partial charge in [-0.2, -0.15) is 10.2 Å². The molecule has 0 spiro atoms. The summed E-state index contributed by atoms with van der Waals surface area (Å²) in [5.41, 5.74) is 0.938. The van der Waals surface area contributed by atoms with Crippen molar-refractivity contribution in [3.63, 3.8) is 0 Å². The number of fused-ring (bicyclic) bond motifs is 1. The largest absolute Gasteiger partial charge is 0.483 e. The number of anilines is 2. The molecule has 2 heterocycles. The van der Waals surface area contributed by atoms with Crippen LogP contribution in [0.25, 0.3) is 10.8 Å². The highest BCUT2D eigenvalue weighted by atomic mass is 16.3. The number of rotatable bonds is 4. The Balaban J connectivity index is 0.000000595. The minimum Gasteiger partial charge on any atom is -0.483 e. The van der Waals surface area contributed by atoms with Gasteiger partial charge in [-0.1, -0.05) is 31.2 Å². The molecule has 0 saturated carbocycles. The fourth-order valence-corrected chi connectivity index (χ4v) is 2.28. The van der Waals surface area contributed by atoms with E-state index in [2.05, 4.69) is 39.7 Å². The fraction of sp³-hybridized carbons (Fsp3) is 0.250. The first-order valence-electron chi connectivity index (χ1n) is 7.30. The van der Waals surface area contributed by atoms with Gasteiger partial charge in [0.05, 0.1) is 11.9 Å². The molecule has 0 saturated heterocycles. The zero-order valence-electron chi connectivity index (χ0n) is 13.1. The molecule has 0 aliphatic rings. The van der Waals surface area contributed by atoms with Gasteiger partial charge in [0.25, 0.3) is 6.47 Å². The Morgan fingerprint density at radius 1 is 1.22 bits per heavy atom. The van der Waals surface area contributed by atoms with Gasteiger partial charge in [0.2, 0.25) is 0 Å². The molecular formula is C16H19N5O2. The van der Waals surface area contributed by atoms with Crippen LogP contribution in [0.3, 0.4) is 0 Å². The van der Waals surface area contributed by atoms with Gasteiger partial charge in [-0.3, -0.25) is 4.79 Å². The average Bonchev–Trinajstić information content (AvgIpc) is 2.99. The SMILES string of the molecule is CCCn1nccc1Nc1nnc(C)c2ccccc12.O=CO. The first kappa shape index (κ1) is 16.4. The second-order valence-electron chi connectivity index (χ2n) is 4.85. The molecule has 0 radical (unpaired) electrons. The lowest BCUT2D eigenvalue weighted by molar-refractivity contribution is -0.122. The molecule has 0 fully saturated rings. The predicted molar refractivity (Wildman–Crippen MR) is 88.8 cm³/mol. The van der Waals surface area contributed by atoms with E-state index in [1.54, 1.807) is 6.20 Å². The second-order valence-corrected chi connectivity index (χ2v) is 4.85. The van der Waals surface area contributed by atoms with Crippen molar-refractivity contribution in [2.75, 3.05) is 5.32 Å². The van der Waals surface area contributed by atoms with Crippen LogP contribution in [-0.2, 0) is 11.3 Å². The van der Waals surface area contributed by atoms with Gasteiger partial charge < -0.3 is 10.4 Å². The Bertz CT molecular complexity index is 785. The van der Waals surface area contributed by atoms with Crippen LogP contribution in [0.1, 0.15) is 19.0 Å². The van der Waals surface area contributed by atoms with E-state index >= 15 is 0 Å². The first-order valence-corrected chi connectivity index (χ1v) is 7.30. The lowest BCUT2D eigenvalue weighted by Gasteiger charge is -2.10. The van der Waals surface area contributed by atoms with E-state index in [4.69, 9.17) is 9.90 Å². The van der Waals surface area contributed by atoms with E-state index in [0.29, 0.717) is 0 Å². The van der Waals surface area contributed by atoms with Crippen molar-refractivity contribution < 1.29 is 9.90 Å². The van der Waals surface area contributed by atoms with Gasteiger partial charge in [-0.05, 0) is 13.3 Å². The van der Waals surface area contributed by atoms with Crippen LogP contribution in [0, 0.1) is 6.92 Å². The van der Waals surface area contributed by atoms with E-state index in [1.807, 2.05) is 29.8 Å². The van der Waals surface area contributed by atoms with Gasteiger partial charge in [0.15, 0.2) is 5.82 Å². The highest BCUT2D eigenvalue weighted by molar-refractivity contribution is 5.93. The Kier molecular flexibility index (Phi) is 5.62. The highest BCUT2D eigenvalue weighted by Crippen LogP contribution is 2.25. The lowest BCUT2D eigenvalue weighted by Crippen LogP contribution is -2.06. The van der Waals surface area contributed by atoms with Crippen molar-refractivity contribution in [2.24, 2.45) is 0 Å². The molecule has 0 bridgehead atoms. The maximum atomic E-state index is 8.36. The van der Waals surface area contributed by atoms with E-state index in [-0.39, 0.29) is 6.47 Å². The molecule has 0 aliphatic carbocycles. The minimum absolute atomic E-state index is 0.250. The molecule has 120 valence electrons. The Labute approximate surface area is 134 Å². The maximum Gasteiger partial charge on any atom is 0.290 e. The summed E-state index contributed by atoms with van der Waals surface area (Å²) in [4.78, 5) is 8.36. The Morgan fingerprint density at radius 3 is 2.61 bits per heavy atom. The molecule has 2 aromatic heterocycles. The standard InChI is InChI=1S/C15H17N5.CH2O2/c1-3-10-20-14(8-9-16-20)17-15-13-7-5-4-6-12(13)11(2)18-19-15;2-1-3/h4-9H,3,10H2,1-2H3,(H,17,19);1H,(H,2,3). The number of carboxylic acid groups (broad SMARTS) is 1. The highest BCUT2D eigenvalue weighted by Gasteiger charge is 2.08. The van der Waals surface area contributed by atoms with Crippen LogP contribution in [0.2, 0.25) is 0 Å². The third-order valence-electron chi connectivity index (χ3n) is 3.27. The van der Waals surface area contributed by atoms with Crippen LogP contribution in [0.15, 0.2) is 36.5 Å². The smallest absolute Gasteiger partial charge is 0.290 e. The minimum atomic E-state index is -0.250. The summed E-state index contributed by atoms with van der Waals surface area (Å²) < 4.78 is 1.94. The van der Waals surface area contributed by atoms with Crippen LogP contribution < -0.4 is 5.32 Å². The number of hydrogen-bond acceptors (Lipinski definition) is 5. The number of nitrogens with zero attached hydrogens (tertiary/aromatic N) is 4. The van der Waals surface area contributed by atoms with Crippen molar-refractivity contribution >= 4 is 28.9 Å². The monoisotopic (exact) mass is 313 g/mol. The van der Waals surface area contributed by atoms with Gasteiger partial charge in [-0.15, -0.1) is 5.10 Å². The Morgan fingerprint density at radius 2 is 1.91 bits per heavy atom. The number of benzene rings is 1. The molecule has 0 amide bonds. The number of aryl methyl sites for hydroxylation is 2. The lowest BCUT2D eigenvalue weighted by atomic mass is 10.1. The first-order chi connectivity index (χ1) is 11.2. The molecule has 23 heavy (non-hydrogen) atoms. The molecule has 3 aromatic rings. The average molecular weight is 313 g/mol. The summed E-state index contributed by atoms with van der Waals surface area (Å²) in [6.45, 7) is 4.74. The molecule has 7 heteroatoms. The van der Waals surface area contributed by atoms with Gasteiger partial charge in [-0.25, -0.2) is 4.68 Å². The van der Waals surface area contributed by atoms with Crippen LogP contribution in [-0.4, -0.2) is 31.6 Å². The van der Waals surface area contributed by atoms with Crippen molar-refractivity contribution in [2.45, 2.75) is 26.8 Å². The van der Waals surface area contributed by atoms with E-state index in [9.17, 15) is 0 Å². The van der Waals surface area contributed by atoms with Gasteiger partial charge in [0, 0.05) is 23.4 Å². The molecule has 2 N–H and O–H groups in total. The maximum absolute atomic E-state index is 8.36. The van der Waals surface area contributed by atoms with Crippen LogP contribution in [0.5, 0.6) is 0 Å². The van der Waals surface area contributed by atoms with E-state index in [1.165, 1.54) is 0 Å². The zero-order chi connectivity index (χ0) is 16.7. The molecule has 0 unspecified atom stereocenters. The van der Waals surface area contributed by atoms with Gasteiger partial charge >= 0.3 is 0 Å². The van der Waals surface area contributed by atoms with Crippen LogP contribution >= 0.6 is 0 Å². The third-order valence-corrected chi connectivity index (χ3v) is 3.27. The second kappa shape index (κ2) is 7.88.